The third-order valence-corrected chi connectivity index (χ3v) is 6.54. The van der Waals surface area contributed by atoms with E-state index in [9.17, 15) is 4.79 Å². The molecule has 0 saturated carbocycles. The molecule has 0 N–H and O–H groups in total. The molecule has 1 aliphatic carbocycles. The Balaban J connectivity index is 1.33. The van der Waals surface area contributed by atoms with Gasteiger partial charge < -0.3 is 9.80 Å². The molecule has 1 fully saturated rings. The number of ketones is 1. The quantitative estimate of drug-likeness (QED) is 0.683. The number of piperazine rings is 1. The number of Topliss-reactive ketones (excluding diaryl/α,β-unsaturated/α-hetero) is 1. The van der Waals surface area contributed by atoms with Crippen LogP contribution >= 0.6 is 11.3 Å². The van der Waals surface area contributed by atoms with Crippen LogP contribution in [-0.2, 0) is 6.42 Å². The van der Waals surface area contributed by atoms with Crippen LogP contribution in [0.5, 0.6) is 0 Å². The molecule has 4 heterocycles. The number of carbonyl (C=O) groups excluding carboxylic acids is 1. The first-order chi connectivity index (χ1) is 13.8. The number of rotatable bonds is 3. The van der Waals surface area contributed by atoms with Crippen molar-refractivity contribution in [3.8, 4) is 0 Å². The van der Waals surface area contributed by atoms with Gasteiger partial charge in [-0.15, -0.1) is 11.3 Å². The Morgan fingerprint density at radius 1 is 0.964 bits per heavy atom. The van der Waals surface area contributed by atoms with E-state index in [4.69, 9.17) is 4.98 Å². The minimum atomic E-state index is 0.158. The summed E-state index contributed by atoms with van der Waals surface area (Å²) in [5.74, 6) is 2.15. The van der Waals surface area contributed by atoms with Crippen LogP contribution in [0.3, 0.4) is 0 Å². The molecule has 1 atom stereocenters. The Hall–Kier alpha value is -2.80. The summed E-state index contributed by atoms with van der Waals surface area (Å²) in [5.41, 5.74) is 1.59. The van der Waals surface area contributed by atoms with Crippen molar-refractivity contribution < 1.29 is 4.79 Å². The fourth-order valence-corrected chi connectivity index (χ4v) is 4.82. The molecule has 3 aromatic heterocycles. The molecule has 0 aromatic carbocycles. The number of thiophene rings is 1. The molecule has 3 aromatic rings. The Kier molecular flexibility index (Phi) is 4.52. The summed E-state index contributed by atoms with van der Waals surface area (Å²) in [4.78, 5) is 32.1. The number of hydrogen-bond acceptors (Lipinski definition) is 7. The van der Waals surface area contributed by atoms with Gasteiger partial charge in [0.1, 0.15) is 5.82 Å². The highest BCUT2D eigenvalue weighted by Crippen LogP contribution is 2.34. The zero-order valence-corrected chi connectivity index (χ0v) is 16.3. The van der Waals surface area contributed by atoms with Crippen molar-refractivity contribution in [1.82, 2.24) is 15.0 Å². The van der Waals surface area contributed by atoms with Crippen LogP contribution in [0, 0.1) is 0 Å². The molecule has 5 rings (SSSR count). The number of pyridine rings is 1. The topological polar surface area (TPSA) is 62.2 Å². The first-order valence-electron chi connectivity index (χ1n) is 9.61. The van der Waals surface area contributed by atoms with E-state index in [1.807, 2.05) is 30.5 Å². The molecule has 0 radical (unpaired) electrons. The van der Waals surface area contributed by atoms with Crippen LogP contribution in [0.15, 0.2) is 48.1 Å². The number of hydrogen-bond donors (Lipinski definition) is 0. The molecule has 0 amide bonds. The van der Waals surface area contributed by atoms with Gasteiger partial charge in [-0.25, -0.2) is 15.0 Å². The molecule has 1 aliphatic heterocycles. The second-order valence-electron chi connectivity index (χ2n) is 7.24. The first kappa shape index (κ1) is 17.3. The SMILES string of the molecule is O=C1C[C@@H](c2cccs2)Cc2nc(N3CCN(c4ccccn4)CC3)ncc21. The number of carbonyl (C=O) groups is 1. The molecule has 6 nitrogen and oxygen atoms in total. The number of nitrogens with zero attached hydrogens (tertiary/aromatic N) is 5. The summed E-state index contributed by atoms with van der Waals surface area (Å²) in [6, 6.07) is 10.2. The minimum absolute atomic E-state index is 0.158. The maximum absolute atomic E-state index is 12.6. The van der Waals surface area contributed by atoms with Crippen molar-refractivity contribution in [1.29, 1.82) is 0 Å². The zero-order chi connectivity index (χ0) is 18.9. The largest absolute Gasteiger partial charge is 0.353 e. The van der Waals surface area contributed by atoms with Crippen LogP contribution in [0.1, 0.15) is 33.3 Å². The second kappa shape index (κ2) is 7.31. The molecule has 7 heteroatoms. The van der Waals surface area contributed by atoms with Crippen LogP contribution < -0.4 is 9.80 Å². The molecular weight excluding hydrogens is 370 g/mol. The molecule has 1 saturated heterocycles. The lowest BCUT2D eigenvalue weighted by atomic mass is 9.86. The van der Waals surface area contributed by atoms with Crippen molar-refractivity contribution in [2.75, 3.05) is 36.0 Å². The Bertz CT molecular complexity index is 968. The summed E-state index contributed by atoms with van der Waals surface area (Å²) in [7, 11) is 0. The van der Waals surface area contributed by atoms with Gasteiger partial charge in [-0.05, 0) is 30.0 Å². The van der Waals surface area contributed by atoms with Gasteiger partial charge in [-0.1, -0.05) is 12.1 Å². The highest BCUT2D eigenvalue weighted by atomic mass is 32.1. The fraction of sp³-hybridized carbons (Fsp3) is 0.333. The van der Waals surface area contributed by atoms with Gasteiger partial charge >= 0.3 is 0 Å². The van der Waals surface area contributed by atoms with Gasteiger partial charge in [-0.3, -0.25) is 4.79 Å². The van der Waals surface area contributed by atoms with Gasteiger partial charge in [0.05, 0.1) is 11.3 Å². The normalized spacial score (nSPS) is 19.6. The standard InChI is InChI=1S/C21H21N5OS/c27-18-13-15(19-4-3-11-28-19)12-17-16(18)14-23-21(24-17)26-9-7-25(8-10-26)20-5-1-2-6-22-20/h1-6,11,14-15H,7-10,12-13H2/t15-/m0/s1. The van der Waals surface area contributed by atoms with Crippen molar-refractivity contribution in [3.63, 3.8) is 0 Å². The minimum Gasteiger partial charge on any atom is -0.353 e. The lowest BCUT2D eigenvalue weighted by Gasteiger charge is -2.35. The summed E-state index contributed by atoms with van der Waals surface area (Å²) < 4.78 is 0. The van der Waals surface area contributed by atoms with Crippen molar-refractivity contribution in [2.45, 2.75) is 18.8 Å². The molecule has 0 bridgehead atoms. The van der Waals surface area contributed by atoms with E-state index in [0.717, 1.165) is 50.1 Å². The van der Waals surface area contributed by atoms with E-state index in [1.54, 1.807) is 17.5 Å². The highest BCUT2D eigenvalue weighted by molar-refractivity contribution is 7.10. The van der Waals surface area contributed by atoms with E-state index >= 15 is 0 Å². The van der Waals surface area contributed by atoms with Crippen LogP contribution in [-0.4, -0.2) is 46.9 Å². The van der Waals surface area contributed by atoms with E-state index < -0.39 is 0 Å². The average molecular weight is 392 g/mol. The summed E-state index contributed by atoms with van der Waals surface area (Å²) in [6.07, 6.45) is 4.93. The summed E-state index contributed by atoms with van der Waals surface area (Å²) in [6.45, 7) is 3.46. The smallest absolute Gasteiger partial charge is 0.225 e. The molecule has 0 spiro atoms. The van der Waals surface area contributed by atoms with Gasteiger partial charge in [-0.2, -0.15) is 0 Å². The zero-order valence-electron chi connectivity index (χ0n) is 15.5. The van der Waals surface area contributed by atoms with E-state index in [0.29, 0.717) is 12.0 Å². The monoisotopic (exact) mass is 391 g/mol. The Morgan fingerprint density at radius 3 is 2.57 bits per heavy atom. The van der Waals surface area contributed by atoms with E-state index in [2.05, 4.69) is 31.2 Å². The third-order valence-electron chi connectivity index (χ3n) is 5.51. The van der Waals surface area contributed by atoms with Crippen LogP contribution in [0.2, 0.25) is 0 Å². The fourth-order valence-electron chi connectivity index (χ4n) is 3.99. The Labute approximate surface area is 167 Å². The predicted octanol–water partition coefficient (Wildman–Crippen LogP) is 3.17. The van der Waals surface area contributed by atoms with Crippen molar-refractivity contribution in [3.05, 3.63) is 64.2 Å². The summed E-state index contributed by atoms with van der Waals surface area (Å²) in [5, 5.41) is 2.07. The van der Waals surface area contributed by atoms with Gasteiger partial charge in [0, 0.05) is 55.8 Å². The molecule has 142 valence electrons. The molecule has 2 aliphatic rings. The van der Waals surface area contributed by atoms with E-state index in [-0.39, 0.29) is 11.7 Å². The first-order valence-corrected chi connectivity index (χ1v) is 10.5. The van der Waals surface area contributed by atoms with Crippen molar-refractivity contribution in [2.24, 2.45) is 0 Å². The highest BCUT2D eigenvalue weighted by Gasteiger charge is 2.29. The molecule has 28 heavy (non-hydrogen) atoms. The second-order valence-corrected chi connectivity index (χ2v) is 8.22. The van der Waals surface area contributed by atoms with Crippen molar-refractivity contribution >= 4 is 28.9 Å². The maximum Gasteiger partial charge on any atom is 0.225 e. The lowest BCUT2D eigenvalue weighted by Crippen LogP contribution is -2.47. The lowest BCUT2D eigenvalue weighted by molar-refractivity contribution is 0.0963. The van der Waals surface area contributed by atoms with Crippen LogP contribution in [0.25, 0.3) is 0 Å². The molecule has 0 unspecified atom stereocenters. The third kappa shape index (κ3) is 3.26. The number of anilines is 2. The average Bonchev–Trinajstić information content (AvgIpc) is 3.29. The molecular formula is C21H21N5OS. The van der Waals surface area contributed by atoms with Crippen LogP contribution in [0.4, 0.5) is 11.8 Å². The van der Waals surface area contributed by atoms with Gasteiger partial charge in [0.25, 0.3) is 0 Å². The number of aromatic nitrogens is 3. The predicted molar refractivity (Wildman–Crippen MR) is 110 cm³/mol. The Morgan fingerprint density at radius 2 is 1.82 bits per heavy atom. The number of fused-ring (bicyclic) bond motifs is 1. The van der Waals surface area contributed by atoms with Gasteiger partial charge in [0.2, 0.25) is 5.95 Å². The summed E-state index contributed by atoms with van der Waals surface area (Å²) >= 11 is 1.72. The van der Waals surface area contributed by atoms with Gasteiger partial charge in [0.15, 0.2) is 5.78 Å². The van der Waals surface area contributed by atoms with E-state index in [1.165, 1.54) is 4.88 Å². The maximum atomic E-state index is 12.6.